The highest BCUT2D eigenvalue weighted by Crippen LogP contribution is 2.25. The molecule has 1 aliphatic rings. The Morgan fingerprint density at radius 1 is 1.12 bits per heavy atom. The summed E-state index contributed by atoms with van der Waals surface area (Å²) in [6.07, 6.45) is 7.50. The van der Waals surface area contributed by atoms with Crippen LogP contribution in [0.1, 0.15) is 85.0 Å². The fourth-order valence-corrected chi connectivity index (χ4v) is 4.63. The van der Waals surface area contributed by atoms with Crippen LogP contribution < -0.4 is 4.90 Å². The second kappa shape index (κ2) is 14.8. The second-order valence-corrected chi connectivity index (χ2v) is 9.30. The average Bonchev–Trinajstić information content (AvgIpc) is 3.47. The van der Waals surface area contributed by atoms with E-state index in [4.69, 9.17) is 9.84 Å². The number of rotatable bonds is 11. The van der Waals surface area contributed by atoms with Gasteiger partial charge in [-0.05, 0) is 49.1 Å². The van der Waals surface area contributed by atoms with Crippen LogP contribution >= 0.6 is 11.3 Å². The van der Waals surface area contributed by atoms with E-state index < -0.39 is 0 Å². The number of hydrogen-bond acceptors (Lipinski definition) is 6. The van der Waals surface area contributed by atoms with E-state index in [-0.39, 0.29) is 31.2 Å². The van der Waals surface area contributed by atoms with Crippen LogP contribution in [-0.4, -0.2) is 41.8 Å². The van der Waals surface area contributed by atoms with Gasteiger partial charge in [0.05, 0.1) is 12.7 Å². The summed E-state index contributed by atoms with van der Waals surface area (Å²) in [6.45, 7) is 5.02. The Kier molecular flexibility index (Phi) is 12.1. The van der Waals surface area contributed by atoms with Crippen LogP contribution in [0.5, 0.6) is 0 Å². The average molecular weight is 476 g/mol. The summed E-state index contributed by atoms with van der Waals surface area (Å²) >= 11 is 1.46. The molecule has 0 spiro atoms. The van der Waals surface area contributed by atoms with Crippen molar-refractivity contribution in [2.45, 2.75) is 71.3 Å². The molecular formula is C26H37NO5S. The summed E-state index contributed by atoms with van der Waals surface area (Å²) in [5.41, 5.74) is 1.90. The first-order valence-electron chi connectivity index (χ1n) is 11.9. The van der Waals surface area contributed by atoms with Crippen LogP contribution in [0.25, 0.3) is 0 Å². The highest BCUT2D eigenvalue weighted by atomic mass is 32.1. The first-order valence-corrected chi connectivity index (χ1v) is 12.8. The summed E-state index contributed by atoms with van der Waals surface area (Å²) in [4.78, 5) is 26.6. The van der Waals surface area contributed by atoms with Crippen LogP contribution in [0, 0.1) is 0 Å². The highest BCUT2D eigenvalue weighted by Gasteiger charge is 2.21. The van der Waals surface area contributed by atoms with Crippen LogP contribution in [0.15, 0.2) is 36.4 Å². The van der Waals surface area contributed by atoms with E-state index in [1.807, 2.05) is 35.2 Å². The molecule has 0 unspecified atom stereocenters. The minimum atomic E-state index is -0.380. The standard InChI is InChI=1S/C16H23NO2.C10H14O3S/c1-2-3-4-6-15(18)13-8-10-14(11-9-13)17-12-5-7-16(17)19;1-2-3-8-4-5-9(14-8)10(12)13-7-6-11/h8-11,15,18H,2-7,12H2,1H3;4-5,11H,2-3,6-7H2,1H3/t15-;/m0./s1. The number of nitrogens with zero attached hydrogens (tertiary/aromatic N) is 1. The zero-order chi connectivity index (χ0) is 24.1. The van der Waals surface area contributed by atoms with Crippen molar-refractivity contribution >= 4 is 28.9 Å². The topological polar surface area (TPSA) is 87.1 Å². The molecule has 182 valence electrons. The van der Waals surface area contributed by atoms with Crippen molar-refractivity contribution in [3.05, 3.63) is 51.7 Å². The van der Waals surface area contributed by atoms with Crippen LogP contribution in [0.2, 0.25) is 0 Å². The molecule has 33 heavy (non-hydrogen) atoms. The van der Waals surface area contributed by atoms with Gasteiger partial charge in [-0.3, -0.25) is 4.79 Å². The molecule has 7 heteroatoms. The number of amides is 1. The maximum atomic E-state index is 11.6. The smallest absolute Gasteiger partial charge is 0.348 e. The Bertz CT molecular complexity index is 849. The monoisotopic (exact) mass is 475 g/mol. The van der Waals surface area contributed by atoms with Crippen molar-refractivity contribution in [3.63, 3.8) is 0 Å². The lowest BCUT2D eigenvalue weighted by Crippen LogP contribution is -2.23. The number of aryl methyl sites for hydroxylation is 1. The van der Waals surface area contributed by atoms with Gasteiger partial charge in [-0.1, -0.05) is 51.7 Å². The Labute approximate surface area is 201 Å². The molecule has 1 fully saturated rings. The molecule has 2 heterocycles. The fourth-order valence-electron chi connectivity index (χ4n) is 3.63. The van der Waals surface area contributed by atoms with Gasteiger partial charge >= 0.3 is 5.97 Å². The van der Waals surface area contributed by atoms with Crippen LogP contribution in [0.4, 0.5) is 5.69 Å². The van der Waals surface area contributed by atoms with Gasteiger partial charge < -0.3 is 19.8 Å². The minimum absolute atomic E-state index is 0.0693. The van der Waals surface area contributed by atoms with E-state index in [2.05, 4.69) is 13.8 Å². The van der Waals surface area contributed by atoms with Gasteiger partial charge in [0.25, 0.3) is 0 Å². The molecular weight excluding hydrogens is 438 g/mol. The summed E-state index contributed by atoms with van der Waals surface area (Å²) < 4.78 is 4.79. The third kappa shape index (κ3) is 8.91. The van der Waals surface area contributed by atoms with Gasteiger partial charge in [-0.2, -0.15) is 0 Å². The van der Waals surface area contributed by atoms with Crippen molar-refractivity contribution in [1.29, 1.82) is 0 Å². The Morgan fingerprint density at radius 3 is 2.48 bits per heavy atom. The molecule has 0 bridgehead atoms. The van der Waals surface area contributed by atoms with Gasteiger partial charge in [-0.15, -0.1) is 11.3 Å². The number of thiophene rings is 1. The van der Waals surface area contributed by atoms with E-state index >= 15 is 0 Å². The fraction of sp³-hybridized carbons (Fsp3) is 0.538. The van der Waals surface area contributed by atoms with Crippen molar-refractivity contribution in [1.82, 2.24) is 0 Å². The molecule has 6 nitrogen and oxygen atoms in total. The Hall–Kier alpha value is -2.22. The van der Waals surface area contributed by atoms with Gasteiger partial charge in [0.15, 0.2) is 0 Å². The lowest BCUT2D eigenvalue weighted by atomic mass is 10.0. The van der Waals surface area contributed by atoms with Crippen molar-refractivity contribution in [2.24, 2.45) is 0 Å². The molecule has 1 amide bonds. The molecule has 0 saturated carbocycles. The molecule has 1 atom stereocenters. The molecule has 0 aliphatic carbocycles. The zero-order valence-corrected chi connectivity index (χ0v) is 20.6. The Balaban J connectivity index is 0.000000245. The molecule has 2 N–H and O–H groups in total. The molecule has 2 aromatic rings. The van der Waals surface area contributed by atoms with Gasteiger partial charge in [0.2, 0.25) is 5.91 Å². The SMILES string of the molecule is CCCCC[C@H](O)c1ccc(N2CCCC2=O)cc1.CCCc1ccc(C(=O)OCCO)s1. The number of carbonyl (C=O) groups is 2. The van der Waals surface area contributed by atoms with Crippen molar-refractivity contribution in [3.8, 4) is 0 Å². The Morgan fingerprint density at radius 2 is 1.88 bits per heavy atom. The predicted octanol–water partition coefficient (Wildman–Crippen LogP) is 5.28. The quantitative estimate of drug-likeness (QED) is 0.341. The summed E-state index contributed by atoms with van der Waals surface area (Å²) in [5, 5.41) is 18.6. The van der Waals surface area contributed by atoms with Gasteiger partial charge in [0, 0.05) is 23.5 Å². The first-order chi connectivity index (χ1) is 16.0. The number of aliphatic hydroxyl groups is 2. The molecule has 1 saturated heterocycles. The first kappa shape index (κ1) is 27.0. The third-order valence-corrected chi connectivity index (χ3v) is 6.55. The number of anilines is 1. The predicted molar refractivity (Wildman–Crippen MR) is 133 cm³/mol. The molecule has 1 aromatic heterocycles. The van der Waals surface area contributed by atoms with E-state index in [0.29, 0.717) is 11.3 Å². The van der Waals surface area contributed by atoms with Crippen molar-refractivity contribution in [2.75, 3.05) is 24.7 Å². The molecule has 3 rings (SSSR count). The number of benzene rings is 1. The largest absolute Gasteiger partial charge is 0.459 e. The minimum Gasteiger partial charge on any atom is -0.459 e. The lowest BCUT2D eigenvalue weighted by molar-refractivity contribution is -0.117. The third-order valence-electron chi connectivity index (χ3n) is 5.43. The van der Waals surface area contributed by atoms with E-state index in [1.165, 1.54) is 22.6 Å². The summed E-state index contributed by atoms with van der Waals surface area (Å²) in [7, 11) is 0. The maximum Gasteiger partial charge on any atom is 0.348 e. The number of hydrogen-bond donors (Lipinski definition) is 2. The molecule has 0 radical (unpaired) electrons. The van der Waals surface area contributed by atoms with E-state index in [1.54, 1.807) is 6.07 Å². The molecule has 1 aromatic carbocycles. The normalized spacial score (nSPS) is 14.1. The van der Waals surface area contributed by atoms with Gasteiger partial charge in [-0.25, -0.2) is 4.79 Å². The lowest BCUT2D eigenvalue weighted by Gasteiger charge is -2.17. The number of aliphatic hydroxyl groups excluding tert-OH is 2. The number of ether oxygens (including phenoxy) is 1. The summed E-state index contributed by atoms with van der Waals surface area (Å²) in [6, 6.07) is 11.5. The molecule has 1 aliphatic heterocycles. The van der Waals surface area contributed by atoms with Gasteiger partial charge in [0.1, 0.15) is 11.5 Å². The maximum absolute atomic E-state index is 11.6. The summed E-state index contributed by atoms with van der Waals surface area (Å²) in [5.74, 6) is -0.136. The van der Waals surface area contributed by atoms with E-state index in [0.717, 1.165) is 56.3 Å². The van der Waals surface area contributed by atoms with Crippen LogP contribution in [0.3, 0.4) is 0 Å². The van der Waals surface area contributed by atoms with E-state index in [9.17, 15) is 14.7 Å². The number of esters is 1. The number of carbonyl (C=O) groups excluding carboxylic acids is 2. The highest BCUT2D eigenvalue weighted by molar-refractivity contribution is 7.13. The van der Waals surface area contributed by atoms with Crippen LogP contribution in [-0.2, 0) is 16.0 Å². The zero-order valence-electron chi connectivity index (χ0n) is 19.8. The number of unbranched alkanes of at least 4 members (excludes halogenated alkanes) is 2. The second-order valence-electron chi connectivity index (χ2n) is 8.13. The van der Waals surface area contributed by atoms with Crippen molar-refractivity contribution < 1.29 is 24.5 Å².